The molecule has 1 amide bonds. The van der Waals surface area contributed by atoms with Crippen molar-refractivity contribution in [1.82, 2.24) is 4.90 Å². The molecule has 1 saturated heterocycles. The monoisotopic (exact) mass is 490 g/mol. The number of piperidine rings is 1. The van der Waals surface area contributed by atoms with Gasteiger partial charge in [-0.1, -0.05) is 75.9 Å². The SMILES string of the molecule is CCN1CCC2(CC1)N=C(SCC(=O)Nc1cccc(C)c1C)C(c1ccc(C(C)(C)C)cc1)=N2. The number of hydrogen-bond acceptors (Lipinski definition) is 5. The molecule has 0 saturated carbocycles. The first-order chi connectivity index (χ1) is 16.6. The maximum Gasteiger partial charge on any atom is 0.234 e. The van der Waals surface area contributed by atoms with Gasteiger partial charge in [0.25, 0.3) is 0 Å². The normalized spacial score (nSPS) is 17.9. The number of nitrogens with one attached hydrogen (secondary N) is 1. The van der Waals surface area contributed by atoms with Crippen molar-refractivity contribution >= 4 is 34.1 Å². The highest BCUT2D eigenvalue weighted by atomic mass is 32.2. The molecular formula is C29H38N4OS. The van der Waals surface area contributed by atoms with Gasteiger partial charge in [-0.2, -0.15) is 0 Å². The largest absolute Gasteiger partial charge is 0.325 e. The van der Waals surface area contributed by atoms with Gasteiger partial charge in [0.1, 0.15) is 5.04 Å². The van der Waals surface area contributed by atoms with E-state index < -0.39 is 5.66 Å². The molecule has 0 unspecified atom stereocenters. The second-order valence-corrected chi connectivity index (χ2v) is 11.7. The summed E-state index contributed by atoms with van der Waals surface area (Å²) in [7, 11) is 0. The van der Waals surface area contributed by atoms with Crippen LogP contribution in [0, 0.1) is 13.8 Å². The molecule has 35 heavy (non-hydrogen) atoms. The number of thioether (sulfide) groups is 1. The third kappa shape index (κ3) is 5.87. The van der Waals surface area contributed by atoms with E-state index in [4.69, 9.17) is 9.98 Å². The number of carbonyl (C=O) groups is 1. The first-order valence-corrected chi connectivity index (χ1v) is 13.6. The molecule has 1 fully saturated rings. The third-order valence-corrected chi connectivity index (χ3v) is 8.14. The number of carbonyl (C=O) groups excluding carboxylic acids is 1. The van der Waals surface area contributed by atoms with Gasteiger partial charge in [0, 0.05) is 37.2 Å². The molecule has 6 heteroatoms. The topological polar surface area (TPSA) is 57.1 Å². The molecular weight excluding hydrogens is 452 g/mol. The number of aryl methyl sites for hydroxylation is 1. The highest BCUT2D eigenvalue weighted by Crippen LogP contribution is 2.36. The smallest absolute Gasteiger partial charge is 0.234 e. The molecule has 2 aliphatic rings. The Kier molecular flexibility index (Phi) is 7.53. The van der Waals surface area contributed by atoms with E-state index in [0.717, 1.165) is 60.0 Å². The molecule has 0 atom stereocenters. The number of benzene rings is 2. The molecule has 0 radical (unpaired) electrons. The summed E-state index contributed by atoms with van der Waals surface area (Å²) in [5.74, 6) is 0.290. The number of nitrogens with zero attached hydrogens (tertiary/aromatic N) is 3. The highest BCUT2D eigenvalue weighted by molar-refractivity contribution is 8.16. The van der Waals surface area contributed by atoms with E-state index in [1.807, 2.05) is 19.1 Å². The number of amides is 1. The number of anilines is 1. The summed E-state index contributed by atoms with van der Waals surface area (Å²) in [5.41, 5.74) is 6.16. The van der Waals surface area contributed by atoms with E-state index in [1.165, 1.54) is 22.9 Å². The Morgan fingerprint density at radius 1 is 1.06 bits per heavy atom. The summed E-state index contributed by atoms with van der Waals surface area (Å²) in [4.78, 5) is 25.7. The van der Waals surface area contributed by atoms with Crippen molar-refractivity contribution in [2.75, 3.05) is 30.7 Å². The second-order valence-electron chi connectivity index (χ2n) is 10.7. The molecule has 0 bridgehead atoms. The molecule has 2 aliphatic heterocycles. The predicted octanol–water partition coefficient (Wildman–Crippen LogP) is 5.99. The van der Waals surface area contributed by atoms with Gasteiger partial charge in [-0.15, -0.1) is 0 Å². The average Bonchev–Trinajstić information content (AvgIpc) is 3.19. The van der Waals surface area contributed by atoms with Crippen LogP contribution in [-0.2, 0) is 10.2 Å². The van der Waals surface area contributed by atoms with Crippen LogP contribution in [0.4, 0.5) is 5.69 Å². The van der Waals surface area contributed by atoms with E-state index in [2.05, 4.69) is 75.2 Å². The molecule has 2 heterocycles. The van der Waals surface area contributed by atoms with Crippen LogP contribution in [0.2, 0.25) is 0 Å². The summed E-state index contributed by atoms with van der Waals surface area (Å²) >= 11 is 1.50. The maximum atomic E-state index is 12.8. The summed E-state index contributed by atoms with van der Waals surface area (Å²) < 4.78 is 0. The number of rotatable bonds is 5. The van der Waals surface area contributed by atoms with Gasteiger partial charge in [-0.25, -0.2) is 4.99 Å². The van der Waals surface area contributed by atoms with Crippen LogP contribution >= 0.6 is 11.8 Å². The molecule has 0 aliphatic carbocycles. The lowest BCUT2D eigenvalue weighted by Gasteiger charge is -2.34. The first-order valence-electron chi connectivity index (χ1n) is 12.6. The summed E-state index contributed by atoms with van der Waals surface area (Å²) in [5, 5.41) is 3.96. The van der Waals surface area contributed by atoms with Gasteiger partial charge in [0.2, 0.25) is 5.91 Å². The molecule has 186 valence electrons. The average molecular weight is 491 g/mol. The summed E-state index contributed by atoms with van der Waals surface area (Å²) in [6.45, 7) is 16.0. The fraction of sp³-hybridized carbons (Fsp3) is 0.483. The third-order valence-electron chi connectivity index (χ3n) is 7.18. The van der Waals surface area contributed by atoms with Crippen molar-refractivity contribution in [3.8, 4) is 0 Å². The Morgan fingerprint density at radius 2 is 1.74 bits per heavy atom. The predicted molar refractivity (Wildman–Crippen MR) is 150 cm³/mol. The Balaban J connectivity index is 1.54. The summed E-state index contributed by atoms with van der Waals surface area (Å²) in [6.07, 6.45) is 1.84. The van der Waals surface area contributed by atoms with E-state index in [-0.39, 0.29) is 11.3 Å². The van der Waals surface area contributed by atoms with E-state index in [1.54, 1.807) is 0 Å². The molecule has 1 N–H and O–H groups in total. The van der Waals surface area contributed by atoms with Gasteiger partial charge >= 0.3 is 0 Å². The Labute approximate surface area is 214 Å². The van der Waals surface area contributed by atoms with Gasteiger partial charge in [0.05, 0.1) is 11.5 Å². The minimum atomic E-state index is -0.393. The molecule has 2 aromatic carbocycles. The quantitative estimate of drug-likeness (QED) is 0.560. The lowest BCUT2D eigenvalue weighted by molar-refractivity contribution is -0.113. The molecule has 1 spiro atoms. The fourth-order valence-corrected chi connectivity index (χ4v) is 5.47. The first kappa shape index (κ1) is 25.6. The number of likely N-dealkylation sites (tertiary alicyclic amines) is 1. The Morgan fingerprint density at radius 3 is 2.37 bits per heavy atom. The Bertz CT molecular complexity index is 1140. The van der Waals surface area contributed by atoms with Crippen molar-refractivity contribution in [2.45, 2.75) is 65.5 Å². The van der Waals surface area contributed by atoms with Gasteiger partial charge in [-0.3, -0.25) is 9.79 Å². The van der Waals surface area contributed by atoms with Gasteiger partial charge in [-0.05, 0) is 48.6 Å². The van der Waals surface area contributed by atoms with E-state index >= 15 is 0 Å². The van der Waals surface area contributed by atoms with Crippen molar-refractivity contribution in [1.29, 1.82) is 0 Å². The van der Waals surface area contributed by atoms with Gasteiger partial charge < -0.3 is 10.2 Å². The molecule has 5 nitrogen and oxygen atoms in total. The van der Waals surface area contributed by atoms with E-state index in [9.17, 15) is 4.79 Å². The Hall–Kier alpha value is -2.44. The van der Waals surface area contributed by atoms with Crippen LogP contribution in [0.3, 0.4) is 0 Å². The zero-order chi connectivity index (χ0) is 25.2. The van der Waals surface area contributed by atoms with Crippen LogP contribution in [-0.4, -0.2) is 52.6 Å². The van der Waals surface area contributed by atoms with Gasteiger partial charge in [0.15, 0.2) is 5.66 Å². The van der Waals surface area contributed by atoms with E-state index in [0.29, 0.717) is 5.75 Å². The fourth-order valence-electron chi connectivity index (χ4n) is 4.60. The lowest BCUT2D eigenvalue weighted by Crippen LogP contribution is -2.41. The zero-order valence-corrected chi connectivity index (χ0v) is 22.8. The second kappa shape index (κ2) is 10.3. The van der Waals surface area contributed by atoms with Crippen LogP contribution < -0.4 is 5.32 Å². The van der Waals surface area contributed by atoms with Crippen molar-refractivity contribution in [3.63, 3.8) is 0 Å². The maximum absolute atomic E-state index is 12.8. The van der Waals surface area contributed by atoms with Crippen molar-refractivity contribution in [3.05, 3.63) is 64.7 Å². The molecule has 2 aromatic rings. The van der Waals surface area contributed by atoms with Crippen molar-refractivity contribution < 1.29 is 4.79 Å². The standard InChI is InChI=1S/C29H38N4OS/c1-7-33-17-15-29(16-18-33)31-26(22-11-13-23(14-12-22)28(4,5)6)27(32-29)35-19-25(34)30-24-10-8-9-20(2)21(24)3/h8-14H,7,15-19H2,1-6H3,(H,30,34). The van der Waals surface area contributed by atoms with Crippen LogP contribution in [0.15, 0.2) is 52.4 Å². The van der Waals surface area contributed by atoms with Crippen LogP contribution in [0.5, 0.6) is 0 Å². The number of hydrogen-bond donors (Lipinski definition) is 1. The zero-order valence-electron chi connectivity index (χ0n) is 21.9. The molecule has 4 rings (SSSR count). The number of aliphatic imine (C=N–C) groups is 2. The van der Waals surface area contributed by atoms with Crippen molar-refractivity contribution in [2.24, 2.45) is 9.98 Å². The molecule has 0 aromatic heterocycles. The minimum Gasteiger partial charge on any atom is -0.325 e. The van der Waals surface area contributed by atoms with Crippen LogP contribution in [0.1, 0.15) is 62.8 Å². The summed E-state index contributed by atoms with van der Waals surface area (Å²) in [6, 6.07) is 14.7. The minimum absolute atomic E-state index is 0.0180. The van der Waals surface area contributed by atoms with Crippen LogP contribution in [0.25, 0.3) is 0 Å². The highest BCUT2D eigenvalue weighted by Gasteiger charge is 2.39. The lowest BCUT2D eigenvalue weighted by atomic mass is 9.86.